The van der Waals surface area contributed by atoms with Crippen LogP contribution in [0.1, 0.15) is 12.2 Å². The second-order valence-electron chi connectivity index (χ2n) is 4.76. The molecule has 3 nitrogen and oxygen atoms in total. The van der Waals surface area contributed by atoms with Crippen LogP contribution in [0.4, 0.5) is 0 Å². The largest absolute Gasteiger partial charge is 0.396 e. The van der Waals surface area contributed by atoms with Gasteiger partial charge in [-0.15, -0.1) is 23.2 Å². The van der Waals surface area contributed by atoms with Gasteiger partial charge in [-0.3, -0.25) is 0 Å². The van der Waals surface area contributed by atoms with Gasteiger partial charge in [-0.1, -0.05) is 12.1 Å². The van der Waals surface area contributed by atoms with Crippen molar-refractivity contribution in [2.75, 3.05) is 6.61 Å². The number of aromatic nitrogens is 2. The highest BCUT2D eigenvalue weighted by molar-refractivity contribution is 6.50. The first kappa shape index (κ1) is 12.3. The van der Waals surface area contributed by atoms with Crippen LogP contribution in [-0.4, -0.2) is 25.6 Å². The number of nitrogens with zero attached hydrogens (tertiary/aromatic N) is 2. The molecule has 1 N–H and O–H groups in total. The summed E-state index contributed by atoms with van der Waals surface area (Å²) in [5.41, 5.74) is 2.04. The first-order chi connectivity index (χ1) is 8.62. The molecule has 1 unspecified atom stereocenters. The molecule has 0 aliphatic heterocycles. The van der Waals surface area contributed by atoms with Gasteiger partial charge in [-0.2, -0.15) is 0 Å². The number of benzene rings is 1. The van der Waals surface area contributed by atoms with Crippen molar-refractivity contribution in [2.45, 2.75) is 23.7 Å². The zero-order chi connectivity index (χ0) is 12.8. The maximum atomic E-state index is 9.12. The van der Waals surface area contributed by atoms with Gasteiger partial charge in [0.1, 0.15) is 10.2 Å². The second kappa shape index (κ2) is 4.41. The minimum Gasteiger partial charge on any atom is -0.396 e. The summed E-state index contributed by atoms with van der Waals surface area (Å²) in [5.74, 6) is 1.17. The molecule has 3 rings (SSSR count). The summed E-state index contributed by atoms with van der Waals surface area (Å²) in [5, 5.41) is 9.12. The zero-order valence-corrected chi connectivity index (χ0v) is 11.3. The summed E-state index contributed by atoms with van der Waals surface area (Å²) >= 11 is 12.2. The van der Waals surface area contributed by atoms with Crippen molar-refractivity contribution in [1.82, 2.24) is 9.55 Å². The van der Waals surface area contributed by atoms with Crippen LogP contribution >= 0.6 is 23.2 Å². The number of para-hydroxylation sites is 2. The van der Waals surface area contributed by atoms with Gasteiger partial charge in [0.15, 0.2) is 0 Å². The van der Waals surface area contributed by atoms with Gasteiger partial charge in [0.2, 0.25) is 0 Å². The molecule has 0 bridgehead atoms. The lowest BCUT2D eigenvalue weighted by molar-refractivity contribution is 0.294. The predicted octanol–water partition coefficient (Wildman–Crippen LogP) is 2.76. The number of hydrogen-bond acceptors (Lipinski definition) is 2. The van der Waals surface area contributed by atoms with E-state index in [0.29, 0.717) is 6.42 Å². The molecule has 1 heterocycles. The Morgan fingerprint density at radius 1 is 1.39 bits per heavy atom. The second-order valence-corrected chi connectivity index (χ2v) is 6.31. The molecule has 5 heteroatoms. The lowest BCUT2D eigenvalue weighted by Crippen LogP contribution is -2.09. The number of aliphatic hydroxyl groups is 1. The average Bonchev–Trinajstić information content (AvgIpc) is 2.79. The number of aliphatic hydroxyl groups excluding tert-OH is 1. The third-order valence-electron chi connectivity index (χ3n) is 3.43. The highest BCUT2D eigenvalue weighted by Gasteiger charge is 2.51. The van der Waals surface area contributed by atoms with E-state index in [9.17, 15) is 0 Å². The van der Waals surface area contributed by atoms with E-state index >= 15 is 0 Å². The lowest BCUT2D eigenvalue weighted by Gasteiger charge is -2.08. The molecule has 2 aromatic rings. The number of fused-ring (bicyclic) bond motifs is 1. The predicted molar refractivity (Wildman–Crippen MR) is 73.1 cm³/mol. The molecule has 0 spiro atoms. The Hall–Kier alpha value is -0.770. The van der Waals surface area contributed by atoms with Gasteiger partial charge >= 0.3 is 0 Å². The van der Waals surface area contributed by atoms with E-state index in [0.717, 1.165) is 29.8 Å². The van der Waals surface area contributed by atoms with E-state index in [4.69, 9.17) is 28.3 Å². The van der Waals surface area contributed by atoms with Gasteiger partial charge in [0.05, 0.1) is 17.6 Å². The SMILES string of the molecule is OCCc1nc2ccccc2n1CC1CC1(Cl)Cl. The molecule has 0 radical (unpaired) electrons. The van der Waals surface area contributed by atoms with Crippen molar-refractivity contribution in [2.24, 2.45) is 5.92 Å². The van der Waals surface area contributed by atoms with Crippen molar-refractivity contribution in [3.8, 4) is 0 Å². The highest BCUT2D eigenvalue weighted by Crippen LogP contribution is 2.54. The fraction of sp³-hybridized carbons (Fsp3) is 0.462. The van der Waals surface area contributed by atoms with Crippen molar-refractivity contribution < 1.29 is 5.11 Å². The zero-order valence-electron chi connectivity index (χ0n) is 9.81. The molecular formula is C13H14Cl2N2O. The van der Waals surface area contributed by atoms with E-state index in [1.165, 1.54) is 0 Å². The Balaban J connectivity index is 1.99. The van der Waals surface area contributed by atoms with E-state index < -0.39 is 4.33 Å². The number of halogens is 2. The molecule has 1 aliphatic carbocycles. The summed E-state index contributed by atoms with van der Waals surface area (Å²) < 4.78 is 1.55. The summed E-state index contributed by atoms with van der Waals surface area (Å²) in [6, 6.07) is 7.97. The van der Waals surface area contributed by atoms with E-state index in [1.54, 1.807) is 0 Å². The van der Waals surface area contributed by atoms with Gasteiger partial charge < -0.3 is 9.67 Å². The fourth-order valence-corrected chi connectivity index (χ4v) is 2.82. The molecular weight excluding hydrogens is 271 g/mol. The van der Waals surface area contributed by atoms with E-state index in [1.807, 2.05) is 24.3 Å². The molecule has 1 aromatic heterocycles. The molecule has 1 fully saturated rings. The van der Waals surface area contributed by atoms with Crippen LogP contribution in [-0.2, 0) is 13.0 Å². The molecule has 1 atom stereocenters. The van der Waals surface area contributed by atoms with Crippen molar-refractivity contribution >= 4 is 34.2 Å². The summed E-state index contributed by atoms with van der Waals surface area (Å²) in [6.45, 7) is 0.865. The average molecular weight is 285 g/mol. The quantitative estimate of drug-likeness (QED) is 0.877. The third-order valence-corrected chi connectivity index (χ3v) is 4.35. The van der Waals surface area contributed by atoms with Gasteiger partial charge in [-0.25, -0.2) is 4.98 Å². The van der Waals surface area contributed by atoms with Crippen molar-refractivity contribution in [3.63, 3.8) is 0 Å². The molecule has 1 aliphatic rings. The molecule has 1 aromatic carbocycles. The first-order valence-corrected chi connectivity index (χ1v) is 6.80. The highest BCUT2D eigenvalue weighted by atomic mass is 35.5. The van der Waals surface area contributed by atoms with Crippen LogP contribution < -0.4 is 0 Å². The summed E-state index contributed by atoms with van der Waals surface area (Å²) in [4.78, 5) is 4.55. The molecule has 0 amide bonds. The van der Waals surface area contributed by atoms with Gasteiger partial charge in [0.25, 0.3) is 0 Å². The smallest absolute Gasteiger partial charge is 0.123 e. The summed E-state index contributed by atoms with van der Waals surface area (Å²) in [7, 11) is 0. The van der Waals surface area contributed by atoms with Crippen LogP contribution in [0.5, 0.6) is 0 Å². The van der Waals surface area contributed by atoms with Crippen molar-refractivity contribution in [1.29, 1.82) is 0 Å². The summed E-state index contributed by atoms with van der Waals surface area (Å²) in [6.07, 6.45) is 1.38. The van der Waals surface area contributed by atoms with Crippen LogP contribution in [0.25, 0.3) is 11.0 Å². The van der Waals surface area contributed by atoms with Crippen LogP contribution in [0.2, 0.25) is 0 Å². The third kappa shape index (κ3) is 2.11. The Morgan fingerprint density at radius 2 is 2.11 bits per heavy atom. The minimum atomic E-state index is -0.581. The number of rotatable bonds is 4. The van der Waals surface area contributed by atoms with Crippen molar-refractivity contribution in [3.05, 3.63) is 30.1 Å². The fourth-order valence-electron chi connectivity index (χ4n) is 2.31. The lowest BCUT2D eigenvalue weighted by atomic mass is 10.3. The van der Waals surface area contributed by atoms with E-state index in [-0.39, 0.29) is 12.5 Å². The Bertz CT molecular complexity index is 579. The molecule has 0 saturated heterocycles. The Labute approximate surface area is 115 Å². The number of alkyl halides is 2. The Morgan fingerprint density at radius 3 is 2.78 bits per heavy atom. The van der Waals surface area contributed by atoms with Gasteiger partial charge in [0, 0.05) is 18.9 Å². The molecule has 18 heavy (non-hydrogen) atoms. The minimum absolute atomic E-state index is 0.0981. The Kier molecular flexibility index (Phi) is 3.00. The number of imidazole rings is 1. The van der Waals surface area contributed by atoms with Crippen LogP contribution in [0.15, 0.2) is 24.3 Å². The first-order valence-electron chi connectivity index (χ1n) is 6.04. The maximum absolute atomic E-state index is 9.12. The standard InChI is InChI=1S/C13H14Cl2N2O/c14-13(15)7-9(13)8-17-11-4-2-1-3-10(11)16-12(17)5-6-18/h1-4,9,18H,5-8H2. The van der Waals surface area contributed by atoms with Gasteiger partial charge in [-0.05, 0) is 18.6 Å². The molecule has 96 valence electrons. The topological polar surface area (TPSA) is 38.1 Å². The van der Waals surface area contributed by atoms with Crippen LogP contribution in [0, 0.1) is 5.92 Å². The maximum Gasteiger partial charge on any atom is 0.123 e. The monoisotopic (exact) mass is 284 g/mol. The van der Waals surface area contributed by atoms with E-state index in [2.05, 4.69) is 9.55 Å². The number of hydrogen-bond donors (Lipinski definition) is 1. The van der Waals surface area contributed by atoms with Crippen LogP contribution in [0.3, 0.4) is 0 Å². The molecule has 1 saturated carbocycles. The normalized spacial score (nSPS) is 21.4.